The monoisotopic (exact) mass is 254 g/mol. The summed E-state index contributed by atoms with van der Waals surface area (Å²) in [7, 11) is 0. The summed E-state index contributed by atoms with van der Waals surface area (Å²) in [6.07, 6.45) is 0. The number of hydrogen-bond donors (Lipinski definition) is 2. The van der Waals surface area contributed by atoms with Crippen LogP contribution in [0.15, 0.2) is 4.63 Å². The maximum atomic E-state index is 11.4. The van der Waals surface area contributed by atoms with Crippen molar-refractivity contribution in [3.63, 3.8) is 0 Å². The van der Waals surface area contributed by atoms with E-state index < -0.39 is 0 Å². The van der Waals surface area contributed by atoms with E-state index in [0.717, 1.165) is 0 Å². The lowest BCUT2D eigenvalue weighted by atomic mass is 10.3. The summed E-state index contributed by atoms with van der Waals surface area (Å²) in [4.78, 5) is 0.436. The van der Waals surface area contributed by atoms with E-state index in [-0.39, 0.29) is 37.6 Å². The van der Waals surface area contributed by atoms with Crippen LogP contribution in [0.4, 0.5) is 0 Å². The predicted octanol–water partition coefficient (Wildman–Crippen LogP) is -2.91. The second-order valence-corrected chi connectivity index (χ2v) is 2.91. The molecule has 14 nitrogen and oxygen atoms in total. The van der Waals surface area contributed by atoms with E-state index in [9.17, 15) is 15.6 Å². The topological polar surface area (TPSA) is 181 Å². The Morgan fingerprint density at radius 2 is 1.67 bits per heavy atom. The minimum atomic E-state index is -0.368. The molecular weight excluding hydrogens is 252 g/mol. The summed E-state index contributed by atoms with van der Waals surface area (Å²) in [5.41, 5.74) is -0.616. The largest absolute Gasteiger partial charge is 0.409 e. The van der Waals surface area contributed by atoms with Crippen molar-refractivity contribution < 1.29 is 19.9 Å². The van der Waals surface area contributed by atoms with Gasteiger partial charge in [0.2, 0.25) is 0 Å². The van der Waals surface area contributed by atoms with E-state index in [1.807, 2.05) is 0 Å². The van der Waals surface area contributed by atoms with E-state index >= 15 is 0 Å². The minimum absolute atomic E-state index is 0.0670. The second-order valence-electron chi connectivity index (χ2n) is 2.91. The Labute approximate surface area is 95.1 Å². The van der Waals surface area contributed by atoms with Crippen molar-refractivity contribution in [1.29, 1.82) is 0 Å². The van der Waals surface area contributed by atoms with Crippen LogP contribution in [-0.4, -0.2) is 56.3 Å². The van der Waals surface area contributed by atoms with E-state index in [1.165, 1.54) is 0 Å². The van der Waals surface area contributed by atoms with Crippen molar-refractivity contribution in [2.45, 2.75) is 0 Å². The highest BCUT2D eigenvalue weighted by atomic mass is 16.8. The van der Waals surface area contributed by atoms with Gasteiger partial charge in [0.05, 0.1) is 5.16 Å². The number of tetrazole rings is 2. The molecular formula is C4H2N10O4. The van der Waals surface area contributed by atoms with Crippen molar-refractivity contribution in [3.8, 4) is 23.0 Å². The zero-order valence-electron chi connectivity index (χ0n) is 8.18. The van der Waals surface area contributed by atoms with Gasteiger partial charge in [0.25, 0.3) is 17.3 Å². The highest BCUT2D eigenvalue weighted by molar-refractivity contribution is 5.66. The molecule has 0 bridgehead atoms. The molecule has 0 radical (unpaired) electrons. The van der Waals surface area contributed by atoms with Crippen LogP contribution in [0.5, 0.6) is 0 Å². The van der Waals surface area contributed by atoms with Crippen LogP contribution < -0.4 is 4.90 Å². The number of hydrogen-bond acceptors (Lipinski definition) is 11. The third-order valence-electron chi connectivity index (χ3n) is 1.94. The molecule has 3 aromatic rings. The summed E-state index contributed by atoms with van der Waals surface area (Å²) in [5.74, 6) is -0.643. The van der Waals surface area contributed by atoms with Gasteiger partial charge in [0.1, 0.15) is 0 Å². The molecule has 2 N–H and O–H groups in total. The molecule has 0 aliphatic rings. The third kappa shape index (κ3) is 1.22. The summed E-state index contributed by atoms with van der Waals surface area (Å²) in [6, 6.07) is 0. The molecule has 92 valence electrons. The summed E-state index contributed by atoms with van der Waals surface area (Å²) in [5, 5.41) is 52.7. The smallest absolute Gasteiger partial charge is 0.302 e. The molecule has 0 unspecified atom stereocenters. The van der Waals surface area contributed by atoms with Crippen molar-refractivity contribution in [2.24, 2.45) is 0 Å². The lowest BCUT2D eigenvalue weighted by Gasteiger charge is -1.93. The van der Waals surface area contributed by atoms with Crippen LogP contribution in [-0.2, 0) is 0 Å². The molecule has 0 aliphatic heterocycles. The first-order valence-electron chi connectivity index (χ1n) is 4.24. The Morgan fingerprint density at radius 3 is 2.22 bits per heavy atom. The molecule has 0 spiro atoms. The SMILES string of the molecule is [O-][n+]1onc(-c2nnnn2O)c1-c1nnnn1O. The van der Waals surface area contributed by atoms with Gasteiger partial charge >= 0.3 is 5.69 Å². The molecule has 18 heavy (non-hydrogen) atoms. The van der Waals surface area contributed by atoms with Gasteiger partial charge in [-0.1, -0.05) is 9.69 Å². The lowest BCUT2D eigenvalue weighted by Crippen LogP contribution is -2.26. The zero-order valence-corrected chi connectivity index (χ0v) is 8.18. The highest BCUT2D eigenvalue weighted by Crippen LogP contribution is 2.22. The fourth-order valence-corrected chi connectivity index (χ4v) is 1.23. The van der Waals surface area contributed by atoms with Crippen LogP contribution in [0, 0.1) is 5.21 Å². The molecule has 3 heterocycles. The van der Waals surface area contributed by atoms with Crippen molar-refractivity contribution in [1.82, 2.24) is 45.9 Å². The molecule has 0 saturated carbocycles. The van der Waals surface area contributed by atoms with Gasteiger partial charge in [-0.2, -0.15) is 0 Å². The molecule has 0 fully saturated rings. The molecule has 0 aliphatic carbocycles. The molecule has 0 aromatic carbocycles. The van der Waals surface area contributed by atoms with Gasteiger partial charge < -0.3 is 15.6 Å². The Balaban J connectivity index is 2.25. The molecule has 14 heteroatoms. The number of rotatable bonds is 2. The van der Waals surface area contributed by atoms with Crippen molar-refractivity contribution in [2.75, 3.05) is 0 Å². The Morgan fingerprint density at radius 1 is 1.06 bits per heavy atom. The zero-order chi connectivity index (χ0) is 12.7. The van der Waals surface area contributed by atoms with Gasteiger partial charge in [0.15, 0.2) is 0 Å². The minimum Gasteiger partial charge on any atom is -0.409 e. The lowest BCUT2D eigenvalue weighted by molar-refractivity contribution is -0.793. The van der Waals surface area contributed by atoms with E-state index in [2.05, 4.69) is 40.8 Å². The van der Waals surface area contributed by atoms with E-state index in [1.54, 1.807) is 0 Å². The van der Waals surface area contributed by atoms with Gasteiger partial charge in [0, 0.05) is 0 Å². The summed E-state index contributed by atoms with van der Waals surface area (Å²) < 4.78 is 4.32. The molecule has 3 rings (SSSR count). The first-order valence-corrected chi connectivity index (χ1v) is 4.24. The van der Waals surface area contributed by atoms with Gasteiger partial charge in [-0.25, -0.2) is 0 Å². The van der Waals surface area contributed by atoms with Crippen molar-refractivity contribution in [3.05, 3.63) is 5.21 Å². The average molecular weight is 254 g/mol. The Bertz CT molecular complexity index is 696. The van der Waals surface area contributed by atoms with Crippen LogP contribution >= 0.6 is 0 Å². The maximum absolute atomic E-state index is 11.4. The van der Waals surface area contributed by atoms with Gasteiger partial charge in [-0.15, -0.1) is 10.2 Å². The van der Waals surface area contributed by atoms with Crippen LogP contribution in [0.1, 0.15) is 0 Å². The predicted molar refractivity (Wildman–Crippen MR) is 43.5 cm³/mol. The standard InChI is InChI=1S/C4H2N10O4/c15-12-3(5-8-10-12)1-2(14(17)18-7-1)4-6-9-11-13(4)16/h15-16H. The normalized spacial score (nSPS) is 10.9. The molecule has 0 amide bonds. The van der Waals surface area contributed by atoms with Crippen LogP contribution in [0.2, 0.25) is 0 Å². The first-order chi connectivity index (χ1) is 8.68. The highest BCUT2D eigenvalue weighted by Gasteiger charge is 2.32. The van der Waals surface area contributed by atoms with E-state index in [0.29, 0.717) is 0 Å². The fourth-order valence-electron chi connectivity index (χ4n) is 1.23. The van der Waals surface area contributed by atoms with Crippen LogP contribution in [0.3, 0.4) is 0 Å². The van der Waals surface area contributed by atoms with E-state index in [4.69, 9.17) is 0 Å². The maximum Gasteiger partial charge on any atom is 0.302 e. The fraction of sp³-hybridized carbons (Fsp3) is 0. The quantitative estimate of drug-likeness (QED) is 0.353. The summed E-state index contributed by atoms with van der Waals surface area (Å²) in [6.45, 7) is 0. The molecule has 0 saturated heterocycles. The average Bonchev–Trinajstić information content (AvgIpc) is 3.00. The summed E-state index contributed by atoms with van der Waals surface area (Å²) >= 11 is 0. The first kappa shape index (κ1) is 9.87. The molecule has 3 aromatic heterocycles. The van der Waals surface area contributed by atoms with Crippen molar-refractivity contribution >= 4 is 0 Å². The second kappa shape index (κ2) is 3.34. The third-order valence-corrected chi connectivity index (χ3v) is 1.94. The van der Waals surface area contributed by atoms with Gasteiger partial charge in [-0.3, -0.25) is 4.63 Å². The number of aromatic nitrogens is 10. The number of nitrogens with zero attached hydrogens (tertiary/aromatic N) is 10. The van der Waals surface area contributed by atoms with Crippen LogP contribution in [0.25, 0.3) is 23.0 Å². The molecule has 0 atom stereocenters. The van der Waals surface area contributed by atoms with Gasteiger partial charge in [-0.05, 0) is 25.8 Å². The Hall–Kier alpha value is -3.32. The Kier molecular flexibility index (Phi) is 1.83.